The van der Waals surface area contributed by atoms with Crippen LogP contribution in [0, 0.1) is 12.7 Å². The highest BCUT2D eigenvalue weighted by Crippen LogP contribution is 2.28. The Labute approximate surface area is 171 Å². The molecule has 0 bridgehead atoms. The van der Waals surface area contributed by atoms with E-state index in [0.717, 1.165) is 12.1 Å². The number of furan rings is 1. The monoisotopic (exact) mass is 410 g/mol. The Bertz CT molecular complexity index is 1140. The average Bonchev–Trinajstić information content (AvgIpc) is 3.31. The predicted molar refractivity (Wildman–Crippen MR) is 108 cm³/mol. The van der Waals surface area contributed by atoms with Crippen LogP contribution in [0.2, 0.25) is 0 Å². The molecule has 0 radical (unpaired) electrons. The molecule has 1 saturated heterocycles. The van der Waals surface area contributed by atoms with Gasteiger partial charge in [0, 0.05) is 35.3 Å². The van der Waals surface area contributed by atoms with Crippen molar-refractivity contribution in [2.45, 2.75) is 19.8 Å². The number of hydrogen-bond donors (Lipinski definition) is 1. The fourth-order valence-electron chi connectivity index (χ4n) is 3.44. The van der Waals surface area contributed by atoms with Crippen molar-refractivity contribution in [1.82, 2.24) is 0 Å². The number of hydrogen-bond acceptors (Lipinski definition) is 5. The first-order valence-electron chi connectivity index (χ1n) is 9.49. The third-order valence-corrected chi connectivity index (χ3v) is 4.97. The predicted octanol–water partition coefficient (Wildman–Crippen LogP) is 3.80. The topological polar surface area (TPSA) is 88.9 Å². The van der Waals surface area contributed by atoms with E-state index >= 15 is 0 Å². The number of rotatable bonds is 5. The van der Waals surface area contributed by atoms with E-state index in [1.54, 1.807) is 42.2 Å². The summed E-state index contributed by atoms with van der Waals surface area (Å²) in [5.41, 5.74) is 1.70. The van der Waals surface area contributed by atoms with E-state index in [-0.39, 0.29) is 17.3 Å². The van der Waals surface area contributed by atoms with Crippen LogP contribution >= 0.6 is 0 Å². The number of aryl methyl sites for hydroxylation is 1. The number of halogens is 1. The first kappa shape index (κ1) is 19.6. The van der Waals surface area contributed by atoms with Crippen molar-refractivity contribution in [3.05, 3.63) is 59.6 Å². The molecule has 1 aliphatic heterocycles. The highest BCUT2D eigenvalue weighted by molar-refractivity contribution is 5.99. The van der Waals surface area contributed by atoms with Crippen molar-refractivity contribution in [2.75, 3.05) is 23.4 Å². The third kappa shape index (κ3) is 3.76. The molecule has 2 heterocycles. The number of amides is 2. The Kier molecular flexibility index (Phi) is 5.22. The number of nitrogens with one attached hydrogen (secondary N) is 1. The molecule has 0 atom stereocenters. The van der Waals surface area contributed by atoms with Gasteiger partial charge >= 0.3 is 5.97 Å². The summed E-state index contributed by atoms with van der Waals surface area (Å²) in [6, 6.07) is 11.2. The van der Waals surface area contributed by atoms with Crippen molar-refractivity contribution in [3.63, 3.8) is 0 Å². The first-order valence-corrected chi connectivity index (χ1v) is 9.49. The number of para-hydroxylation sites is 1. The number of carbonyl (C=O) groups is 3. The standard InChI is InChI=1S/C22H19FN2O5/c1-13-16-4-2-5-17(23)21(16)30-20(13)22(28)29-12-18(26)24-14-7-9-15(10-8-14)25-11-3-6-19(25)27/h2,4-5,7-10H,3,6,11-12H2,1H3,(H,24,26). The zero-order valence-corrected chi connectivity index (χ0v) is 16.2. The van der Waals surface area contributed by atoms with E-state index in [2.05, 4.69) is 5.32 Å². The van der Waals surface area contributed by atoms with Gasteiger partial charge in [0.25, 0.3) is 5.91 Å². The van der Waals surface area contributed by atoms with Crippen molar-refractivity contribution >= 4 is 40.1 Å². The minimum absolute atomic E-state index is 0.0250. The van der Waals surface area contributed by atoms with Crippen LogP contribution in [-0.2, 0) is 14.3 Å². The molecule has 8 heteroatoms. The fraction of sp³-hybridized carbons (Fsp3) is 0.227. The lowest BCUT2D eigenvalue weighted by atomic mass is 10.1. The Morgan fingerprint density at radius 1 is 1.20 bits per heavy atom. The van der Waals surface area contributed by atoms with Gasteiger partial charge in [-0.3, -0.25) is 9.59 Å². The second kappa shape index (κ2) is 7.98. The summed E-state index contributed by atoms with van der Waals surface area (Å²) >= 11 is 0. The second-order valence-electron chi connectivity index (χ2n) is 6.99. The lowest BCUT2D eigenvalue weighted by Crippen LogP contribution is -2.23. The molecule has 7 nitrogen and oxygen atoms in total. The molecule has 154 valence electrons. The molecule has 0 saturated carbocycles. The lowest BCUT2D eigenvalue weighted by Gasteiger charge is -2.16. The number of ether oxygens (including phenoxy) is 1. The third-order valence-electron chi connectivity index (χ3n) is 4.97. The number of fused-ring (bicyclic) bond motifs is 1. The van der Waals surface area contributed by atoms with E-state index in [1.165, 1.54) is 12.1 Å². The summed E-state index contributed by atoms with van der Waals surface area (Å²) < 4.78 is 24.1. The molecule has 2 amide bonds. The SMILES string of the molecule is Cc1c(C(=O)OCC(=O)Nc2ccc(N3CCCC3=O)cc2)oc2c(F)cccc12. The molecule has 0 unspecified atom stereocenters. The van der Waals surface area contributed by atoms with Crippen LogP contribution < -0.4 is 10.2 Å². The largest absolute Gasteiger partial charge is 0.450 e. The molecule has 4 rings (SSSR count). The highest BCUT2D eigenvalue weighted by Gasteiger charge is 2.23. The van der Waals surface area contributed by atoms with Crippen molar-refractivity contribution in [2.24, 2.45) is 0 Å². The normalized spacial score (nSPS) is 13.7. The van der Waals surface area contributed by atoms with Crippen LogP contribution in [-0.4, -0.2) is 30.9 Å². The van der Waals surface area contributed by atoms with Gasteiger partial charge in [0.15, 0.2) is 18.0 Å². The fourth-order valence-corrected chi connectivity index (χ4v) is 3.44. The molecular formula is C22H19FN2O5. The van der Waals surface area contributed by atoms with Crippen molar-refractivity contribution in [1.29, 1.82) is 0 Å². The summed E-state index contributed by atoms with van der Waals surface area (Å²) in [5, 5.41) is 3.09. The maximum atomic E-state index is 13.8. The van der Waals surface area contributed by atoms with Crippen LogP contribution in [0.1, 0.15) is 29.0 Å². The number of benzene rings is 2. The van der Waals surface area contributed by atoms with Gasteiger partial charge in [-0.25, -0.2) is 9.18 Å². The molecular weight excluding hydrogens is 391 g/mol. The lowest BCUT2D eigenvalue weighted by molar-refractivity contribution is -0.119. The first-order chi connectivity index (χ1) is 14.4. The number of carbonyl (C=O) groups excluding carboxylic acids is 3. The summed E-state index contributed by atoms with van der Waals surface area (Å²) in [5.74, 6) is -2.01. The molecule has 2 aromatic carbocycles. The maximum absolute atomic E-state index is 13.8. The zero-order chi connectivity index (χ0) is 21.3. The maximum Gasteiger partial charge on any atom is 0.375 e. The second-order valence-corrected chi connectivity index (χ2v) is 6.99. The average molecular weight is 410 g/mol. The van der Waals surface area contributed by atoms with Crippen molar-refractivity contribution < 1.29 is 27.9 Å². The Morgan fingerprint density at radius 2 is 1.97 bits per heavy atom. The van der Waals surface area contributed by atoms with Crippen LogP contribution in [0.15, 0.2) is 46.9 Å². The van der Waals surface area contributed by atoms with E-state index < -0.39 is 24.3 Å². The molecule has 3 aromatic rings. The zero-order valence-electron chi connectivity index (χ0n) is 16.2. The number of nitrogens with zero attached hydrogens (tertiary/aromatic N) is 1. The smallest absolute Gasteiger partial charge is 0.375 e. The number of esters is 1. The Hall–Kier alpha value is -3.68. The van der Waals surface area contributed by atoms with Gasteiger partial charge in [-0.2, -0.15) is 0 Å². The van der Waals surface area contributed by atoms with Gasteiger partial charge in [0.05, 0.1) is 0 Å². The van der Waals surface area contributed by atoms with Gasteiger partial charge < -0.3 is 19.4 Å². The van der Waals surface area contributed by atoms with Gasteiger partial charge in [-0.05, 0) is 43.7 Å². The highest BCUT2D eigenvalue weighted by atomic mass is 19.1. The summed E-state index contributed by atoms with van der Waals surface area (Å²) in [7, 11) is 0. The van der Waals surface area contributed by atoms with Gasteiger partial charge in [-0.1, -0.05) is 12.1 Å². The molecule has 1 N–H and O–H groups in total. The molecule has 0 spiro atoms. The Balaban J connectivity index is 1.36. The Morgan fingerprint density at radius 3 is 2.63 bits per heavy atom. The van der Waals surface area contributed by atoms with Gasteiger partial charge in [0.2, 0.25) is 11.7 Å². The van der Waals surface area contributed by atoms with E-state index in [9.17, 15) is 18.8 Å². The summed E-state index contributed by atoms with van der Waals surface area (Å²) in [6.07, 6.45) is 1.38. The van der Waals surface area contributed by atoms with Gasteiger partial charge in [0.1, 0.15) is 0 Å². The summed E-state index contributed by atoms with van der Waals surface area (Å²) in [6.45, 7) is 1.78. The van der Waals surface area contributed by atoms with E-state index in [0.29, 0.717) is 29.6 Å². The minimum Gasteiger partial charge on any atom is -0.450 e. The van der Waals surface area contributed by atoms with E-state index in [1.807, 2.05) is 0 Å². The van der Waals surface area contributed by atoms with Gasteiger partial charge in [-0.15, -0.1) is 0 Å². The van der Waals surface area contributed by atoms with Crippen LogP contribution in [0.5, 0.6) is 0 Å². The van der Waals surface area contributed by atoms with Crippen LogP contribution in [0.3, 0.4) is 0 Å². The molecule has 30 heavy (non-hydrogen) atoms. The molecule has 0 aliphatic carbocycles. The van der Waals surface area contributed by atoms with E-state index in [4.69, 9.17) is 9.15 Å². The molecule has 1 fully saturated rings. The van der Waals surface area contributed by atoms with Crippen LogP contribution in [0.25, 0.3) is 11.0 Å². The van der Waals surface area contributed by atoms with Crippen LogP contribution in [0.4, 0.5) is 15.8 Å². The van der Waals surface area contributed by atoms with Crippen molar-refractivity contribution in [3.8, 4) is 0 Å². The summed E-state index contributed by atoms with van der Waals surface area (Å²) in [4.78, 5) is 37.9. The molecule has 1 aromatic heterocycles. The molecule has 1 aliphatic rings. The number of anilines is 2. The quantitative estimate of drug-likeness (QED) is 0.647. The minimum atomic E-state index is -0.846.